The molecule has 10 heteroatoms. The summed E-state index contributed by atoms with van der Waals surface area (Å²) < 4.78 is 26.3. The van der Waals surface area contributed by atoms with Crippen molar-refractivity contribution in [1.29, 1.82) is 0 Å². The second-order valence-corrected chi connectivity index (χ2v) is 10.3. The van der Waals surface area contributed by atoms with Crippen LogP contribution in [0.3, 0.4) is 0 Å². The van der Waals surface area contributed by atoms with Gasteiger partial charge in [0.05, 0.1) is 17.0 Å². The van der Waals surface area contributed by atoms with E-state index < -0.39 is 10.0 Å². The normalized spacial score (nSPS) is 14.7. The largest absolute Gasteiger partial charge is 0.352 e. The van der Waals surface area contributed by atoms with Gasteiger partial charge in [-0.1, -0.05) is 12.1 Å². The van der Waals surface area contributed by atoms with E-state index in [0.29, 0.717) is 30.3 Å². The molecule has 0 radical (unpaired) electrons. The van der Waals surface area contributed by atoms with Crippen LogP contribution in [0.2, 0.25) is 0 Å². The molecule has 0 aliphatic carbocycles. The summed E-state index contributed by atoms with van der Waals surface area (Å²) in [6.45, 7) is 4.60. The summed E-state index contributed by atoms with van der Waals surface area (Å²) in [5.41, 5.74) is 1.43. The van der Waals surface area contributed by atoms with Gasteiger partial charge in [0.25, 0.3) is 0 Å². The maximum atomic E-state index is 12.5. The molecule has 0 saturated carbocycles. The standard InChI is InChI=1S/C20H26N4O4S2/c1-14(2)23(3)30(27,28)17-8-6-15(7-9-17)12-21-18(25)11-16-13-29-20(22-16)24-10-4-5-19(24)26/h6-9,13-14H,4-5,10-12H2,1-3H3,(H,21,25). The minimum atomic E-state index is -3.52. The molecule has 0 bridgehead atoms. The first-order valence-electron chi connectivity index (χ1n) is 9.77. The van der Waals surface area contributed by atoms with Crippen LogP contribution in [0, 0.1) is 0 Å². The van der Waals surface area contributed by atoms with Gasteiger partial charge in [0.2, 0.25) is 21.8 Å². The molecule has 2 aromatic rings. The van der Waals surface area contributed by atoms with Crippen molar-refractivity contribution >= 4 is 38.3 Å². The molecule has 2 heterocycles. The number of aromatic nitrogens is 1. The third-order valence-corrected chi connectivity index (χ3v) is 7.96. The fourth-order valence-corrected chi connectivity index (χ4v) is 5.24. The summed E-state index contributed by atoms with van der Waals surface area (Å²) in [4.78, 5) is 30.3. The average molecular weight is 451 g/mol. The van der Waals surface area contributed by atoms with Crippen LogP contribution in [0.1, 0.15) is 37.9 Å². The number of rotatable bonds is 8. The average Bonchev–Trinajstić information content (AvgIpc) is 3.34. The van der Waals surface area contributed by atoms with Crippen LogP contribution in [-0.2, 0) is 32.6 Å². The molecule has 1 N–H and O–H groups in total. The summed E-state index contributed by atoms with van der Waals surface area (Å²) >= 11 is 1.37. The van der Waals surface area contributed by atoms with Crippen LogP contribution < -0.4 is 10.2 Å². The highest BCUT2D eigenvalue weighted by Gasteiger charge is 2.25. The fourth-order valence-electron chi connectivity index (χ4n) is 3.00. The highest BCUT2D eigenvalue weighted by atomic mass is 32.2. The van der Waals surface area contributed by atoms with E-state index in [1.807, 2.05) is 13.8 Å². The van der Waals surface area contributed by atoms with E-state index in [9.17, 15) is 18.0 Å². The number of benzene rings is 1. The fraction of sp³-hybridized carbons (Fsp3) is 0.450. The molecule has 1 aromatic heterocycles. The second-order valence-electron chi connectivity index (χ2n) is 7.48. The lowest BCUT2D eigenvalue weighted by Gasteiger charge is -2.21. The Hall–Kier alpha value is -2.30. The third-order valence-electron chi connectivity index (χ3n) is 5.00. The highest BCUT2D eigenvalue weighted by Crippen LogP contribution is 2.25. The molecular formula is C20H26N4O4S2. The topological polar surface area (TPSA) is 99.7 Å². The van der Waals surface area contributed by atoms with E-state index in [1.165, 1.54) is 15.6 Å². The summed E-state index contributed by atoms with van der Waals surface area (Å²) in [5.74, 6) is -0.110. The molecule has 1 saturated heterocycles. The van der Waals surface area contributed by atoms with E-state index in [0.717, 1.165) is 12.0 Å². The van der Waals surface area contributed by atoms with Crippen molar-refractivity contribution in [3.63, 3.8) is 0 Å². The van der Waals surface area contributed by atoms with Crippen molar-refractivity contribution in [2.24, 2.45) is 0 Å². The smallest absolute Gasteiger partial charge is 0.243 e. The van der Waals surface area contributed by atoms with Gasteiger partial charge >= 0.3 is 0 Å². The molecule has 1 aliphatic rings. The van der Waals surface area contributed by atoms with Crippen molar-refractivity contribution in [2.75, 3.05) is 18.5 Å². The molecule has 1 aliphatic heterocycles. The maximum Gasteiger partial charge on any atom is 0.243 e. The van der Waals surface area contributed by atoms with Gasteiger partial charge in [-0.15, -0.1) is 11.3 Å². The first kappa shape index (κ1) is 22.4. The first-order chi connectivity index (χ1) is 14.2. The molecule has 1 aromatic carbocycles. The van der Waals surface area contributed by atoms with Crippen molar-refractivity contribution in [3.8, 4) is 0 Å². The third kappa shape index (κ3) is 5.05. The molecule has 3 rings (SSSR count). The van der Waals surface area contributed by atoms with E-state index in [2.05, 4.69) is 10.3 Å². The zero-order valence-corrected chi connectivity index (χ0v) is 18.9. The Kier molecular flexibility index (Phi) is 6.89. The summed E-state index contributed by atoms with van der Waals surface area (Å²) in [5, 5.41) is 5.26. The zero-order chi connectivity index (χ0) is 21.9. The van der Waals surface area contributed by atoms with Gasteiger partial charge in [0, 0.05) is 38.0 Å². The molecule has 2 amide bonds. The molecule has 8 nitrogen and oxygen atoms in total. The Bertz CT molecular complexity index is 1020. The van der Waals surface area contributed by atoms with Gasteiger partial charge in [-0.2, -0.15) is 4.31 Å². The van der Waals surface area contributed by atoms with Crippen molar-refractivity contribution < 1.29 is 18.0 Å². The number of carbonyl (C=O) groups excluding carboxylic acids is 2. The number of thiazole rings is 1. The zero-order valence-electron chi connectivity index (χ0n) is 17.3. The minimum Gasteiger partial charge on any atom is -0.352 e. The Labute approximate surface area is 181 Å². The predicted octanol–water partition coefficient (Wildman–Crippen LogP) is 2.16. The van der Waals surface area contributed by atoms with Gasteiger partial charge in [-0.05, 0) is 38.0 Å². The van der Waals surface area contributed by atoms with E-state index in [1.54, 1.807) is 41.6 Å². The van der Waals surface area contributed by atoms with Crippen LogP contribution in [-0.4, -0.2) is 49.2 Å². The molecule has 162 valence electrons. The second kappa shape index (κ2) is 9.23. The lowest BCUT2D eigenvalue weighted by Crippen LogP contribution is -2.33. The Balaban J connectivity index is 1.54. The van der Waals surface area contributed by atoms with Crippen LogP contribution in [0.5, 0.6) is 0 Å². The van der Waals surface area contributed by atoms with Gasteiger partial charge in [-0.3, -0.25) is 14.5 Å². The number of hydrogen-bond donors (Lipinski definition) is 1. The number of amides is 2. The van der Waals surface area contributed by atoms with Crippen LogP contribution >= 0.6 is 11.3 Å². The number of carbonyl (C=O) groups is 2. The summed E-state index contributed by atoms with van der Waals surface area (Å²) in [7, 11) is -1.97. The number of anilines is 1. The lowest BCUT2D eigenvalue weighted by molar-refractivity contribution is -0.120. The summed E-state index contributed by atoms with van der Waals surface area (Å²) in [6.07, 6.45) is 1.51. The molecule has 0 atom stereocenters. The Morgan fingerprint density at radius 3 is 2.60 bits per heavy atom. The van der Waals surface area contributed by atoms with Crippen LogP contribution in [0.25, 0.3) is 0 Å². The molecular weight excluding hydrogens is 424 g/mol. The number of nitrogens with zero attached hydrogens (tertiary/aromatic N) is 3. The maximum absolute atomic E-state index is 12.5. The lowest BCUT2D eigenvalue weighted by atomic mass is 10.2. The highest BCUT2D eigenvalue weighted by molar-refractivity contribution is 7.89. The number of hydrogen-bond acceptors (Lipinski definition) is 6. The van der Waals surface area contributed by atoms with E-state index in [4.69, 9.17) is 0 Å². The van der Waals surface area contributed by atoms with Crippen molar-refractivity contribution in [1.82, 2.24) is 14.6 Å². The Morgan fingerprint density at radius 2 is 2.00 bits per heavy atom. The first-order valence-corrected chi connectivity index (χ1v) is 12.1. The number of nitrogens with one attached hydrogen (secondary N) is 1. The monoisotopic (exact) mass is 450 g/mol. The molecule has 30 heavy (non-hydrogen) atoms. The van der Waals surface area contributed by atoms with Gasteiger partial charge in [0.1, 0.15) is 0 Å². The van der Waals surface area contributed by atoms with Gasteiger partial charge in [-0.25, -0.2) is 13.4 Å². The predicted molar refractivity (Wildman–Crippen MR) is 116 cm³/mol. The van der Waals surface area contributed by atoms with Crippen molar-refractivity contribution in [2.45, 2.75) is 50.6 Å². The molecule has 1 fully saturated rings. The van der Waals surface area contributed by atoms with E-state index in [-0.39, 0.29) is 29.2 Å². The van der Waals surface area contributed by atoms with Crippen LogP contribution in [0.15, 0.2) is 34.5 Å². The summed E-state index contributed by atoms with van der Waals surface area (Å²) in [6, 6.07) is 6.36. The minimum absolute atomic E-state index is 0.0744. The quantitative estimate of drug-likeness (QED) is 0.664. The van der Waals surface area contributed by atoms with Crippen LogP contribution in [0.4, 0.5) is 5.13 Å². The van der Waals surface area contributed by atoms with Gasteiger partial charge in [0.15, 0.2) is 5.13 Å². The van der Waals surface area contributed by atoms with E-state index >= 15 is 0 Å². The van der Waals surface area contributed by atoms with Crippen molar-refractivity contribution in [3.05, 3.63) is 40.9 Å². The Morgan fingerprint density at radius 1 is 1.30 bits per heavy atom. The number of sulfonamides is 1. The molecule has 0 spiro atoms. The molecule has 0 unspecified atom stereocenters. The van der Waals surface area contributed by atoms with Gasteiger partial charge < -0.3 is 5.32 Å². The SMILES string of the molecule is CC(C)N(C)S(=O)(=O)c1ccc(CNC(=O)Cc2csc(N3CCCC3=O)n2)cc1.